The lowest BCUT2D eigenvalue weighted by Gasteiger charge is -2.36. The fraction of sp³-hybridized carbons (Fsp3) is 0.250. The minimum atomic E-state index is -4.53. The number of rotatable bonds is 1. The Morgan fingerprint density at radius 3 is 2.55 bits per heavy atom. The van der Waals surface area contributed by atoms with Crippen molar-refractivity contribution < 1.29 is 23.0 Å². The van der Waals surface area contributed by atoms with E-state index >= 15 is 0 Å². The van der Waals surface area contributed by atoms with Crippen LogP contribution in [-0.2, 0) is 11.8 Å². The molecule has 2 nitrogen and oxygen atoms in total. The first-order valence-electron chi connectivity index (χ1n) is 6.64. The molecule has 0 aliphatic carbocycles. The van der Waals surface area contributed by atoms with E-state index in [1.807, 2.05) is 0 Å². The molecule has 1 aliphatic heterocycles. The van der Waals surface area contributed by atoms with Crippen molar-refractivity contribution in [1.82, 2.24) is 0 Å². The summed E-state index contributed by atoms with van der Waals surface area (Å²) in [6.07, 6.45) is -4.47. The molecule has 0 spiro atoms. The Morgan fingerprint density at radius 2 is 1.82 bits per heavy atom. The van der Waals surface area contributed by atoms with Crippen molar-refractivity contribution in [1.29, 1.82) is 0 Å². The number of benzene rings is 2. The van der Waals surface area contributed by atoms with Crippen LogP contribution in [0.4, 0.5) is 13.2 Å². The van der Waals surface area contributed by atoms with Crippen molar-refractivity contribution in [2.24, 2.45) is 0 Å². The summed E-state index contributed by atoms with van der Waals surface area (Å²) < 4.78 is 46.0. The second-order valence-electron chi connectivity index (χ2n) is 5.14. The van der Waals surface area contributed by atoms with Crippen molar-refractivity contribution >= 4 is 15.9 Å². The average Bonchev–Trinajstić information content (AvgIpc) is 2.47. The van der Waals surface area contributed by atoms with Crippen LogP contribution in [0.3, 0.4) is 0 Å². The Morgan fingerprint density at radius 1 is 1.09 bits per heavy atom. The molecule has 0 fully saturated rings. The van der Waals surface area contributed by atoms with Gasteiger partial charge in [0.25, 0.3) is 0 Å². The highest BCUT2D eigenvalue weighted by Gasteiger charge is 2.44. The van der Waals surface area contributed by atoms with Gasteiger partial charge in [-0.25, -0.2) is 0 Å². The van der Waals surface area contributed by atoms with Crippen LogP contribution in [0.1, 0.15) is 23.1 Å². The highest BCUT2D eigenvalue weighted by atomic mass is 79.9. The van der Waals surface area contributed by atoms with Crippen LogP contribution in [0.15, 0.2) is 46.9 Å². The SMILES string of the molecule is O[C@]1(c2ccccc2C(F)(F)F)CCOc2ccc(Br)cc21. The van der Waals surface area contributed by atoms with Gasteiger partial charge in [0.2, 0.25) is 0 Å². The van der Waals surface area contributed by atoms with E-state index in [0.29, 0.717) is 15.8 Å². The van der Waals surface area contributed by atoms with Gasteiger partial charge in [-0.15, -0.1) is 0 Å². The normalized spacial score (nSPS) is 21.1. The molecule has 0 radical (unpaired) electrons. The number of aliphatic hydroxyl groups is 1. The third-order valence-corrected chi connectivity index (χ3v) is 4.28. The summed E-state index contributed by atoms with van der Waals surface area (Å²) in [6.45, 7) is 0.150. The molecular weight excluding hydrogens is 361 g/mol. The van der Waals surface area contributed by atoms with Crippen LogP contribution < -0.4 is 4.74 Å². The second kappa shape index (κ2) is 5.28. The summed E-state index contributed by atoms with van der Waals surface area (Å²) in [5.41, 5.74) is -2.37. The van der Waals surface area contributed by atoms with Crippen LogP contribution >= 0.6 is 15.9 Å². The standard InChI is InChI=1S/C16H12BrF3O2/c17-10-5-6-14-13(9-10)15(21,7-8-22-14)11-3-1-2-4-12(11)16(18,19)20/h1-6,9,21H,7-8H2/t15-/m0/s1. The first-order chi connectivity index (χ1) is 10.3. The van der Waals surface area contributed by atoms with Crippen molar-refractivity contribution in [3.05, 3.63) is 63.6 Å². The number of hydrogen-bond acceptors (Lipinski definition) is 2. The average molecular weight is 373 g/mol. The number of halogens is 4. The van der Waals surface area contributed by atoms with Crippen LogP contribution in [0.5, 0.6) is 5.75 Å². The minimum Gasteiger partial charge on any atom is -0.493 e. The number of alkyl halides is 3. The Balaban J connectivity index is 2.24. The topological polar surface area (TPSA) is 29.5 Å². The van der Waals surface area contributed by atoms with Gasteiger partial charge in [-0.1, -0.05) is 34.1 Å². The summed E-state index contributed by atoms with van der Waals surface area (Å²) in [4.78, 5) is 0. The summed E-state index contributed by atoms with van der Waals surface area (Å²) >= 11 is 3.28. The third kappa shape index (κ3) is 2.50. The number of hydrogen-bond donors (Lipinski definition) is 1. The van der Waals surface area contributed by atoms with Crippen LogP contribution in [0.2, 0.25) is 0 Å². The number of ether oxygens (including phenoxy) is 1. The monoisotopic (exact) mass is 372 g/mol. The van der Waals surface area contributed by atoms with Gasteiger partial charge in [0.15, 0.2) is 0 Å². The van der Waals surface area contributed by atoms with E-state index < -0.39 is 17.3 Å². The quantitative estimate of drug-likeness (QED) is 0.799. The van der Waals surface area contributed by atoms with Crippen molar-refractivity contribution in [3.8, 4) is 5.75 Å². The lowest BCUT2D eigenvalue weighted by atomic mass is 9.79. The fourth-order valence-corrected chi connectivity index (χ4v) is 3.13. The molecular formula is C16H12BrF3O2. The molecule has 6 heteroatoms. The predicted octanol–water partition coefficient (Wildman–Crippen LogP) is 4.49. The van der Waals surface area contributed by atoms with E-state index in [1.165, 1.54) is 18.2 Å². The van der Waals surface area contributed by atoms with E-state index in [1.54, 1.807) is 18.2 Å². The molecule has 0 bridgehead atoms. The molecule has 1 N–H and O–H groups in total. The maximum Gasteiger partial charge on any atom is 0.416 e. The van der Waals surface area contributed by atoms with Crippen LogP contribution in [0, 0.1) is 0 Å². The molecule has 0 amide bonds. The van der Waals surface area contributed by atoms with Gasteiger partial charge in [0.1, 0.15) is 11.4 Å². The van der Waals surface area contributed by atoms with E-state index in [0.717, 1.165) is 6.07 Å². The molecule has 1 aliphatic rings. The largest absolute Gasteiger partial charge is 0.493 e. The smallest absolute Gasteiger partial charge is 0.416 e. The summed E-state index contributed by atoms with van der Waals surface area (Å²) in [6, 6.07) is 10.1. The molecule has 1 heterocycles. The van der Waals surface area contributed by atoms with Crippen molar-refractivity contribution in [2.75, 3.05) is 6.61 Å². The van der Waals surface area contributed by atoms with E-state index in [4.69, 9.17) is 4.74 Å². The highest BCUT2D eigenvalue weighted by Crippen LogP contribution is 2.46. The van der Waals surface area contributed by atoms with E-state index in [9.17, 15) is 18.3 Å². The maximum absolute atomic E-state index is 13.3. The predicted molar refractivity (Wildman–Crippen MR) is 78.7 cm³/mol. The molecule has 0 unspecified atom stereocenters. The summed E-state index contributed by atoms with van der Waals surface area (Å²) in [7, 11) is 0. The number of fused-ring (bicyclic) bond motifs is 1. The van der Waals surface area contributed by atoms with Gasteiger partial charge in [-0.2, -0.15) is 13.2 Å². The zero-order chi connectivity index (χ0) is 16.0. The van der Waals surface area contributed by atoms with E-state index in [2.05, 4.69) is 15.9 Å². The highest BCUT2D eigenvalue weighted by molar-refractivity contribution is 9.10. The second-order valence-corrected chi connectivity index (χ2v) is 6.06. The molecule has 2 aromatic carbocycles. The third-order valence-electron chi connectivity index (χ3n) is 3.79. The van der Waals surface area contributed by atoms with Crippen LogP contribution in [0.25, 0.3) is 0 Å². The summed E-state index contributed by atoms with van der Waals surface area (Å²) in [5.74, 6) is 0.397. The molecule has 0 saturated heterocycles. The Bertz CT molecular complexity index is 715. The molecule has 22 heavy (non-hydrogen) atoms. The zero-order valence-electron chi connectivity index (χ0n) is 11.3. The minimum absolute atomic E-state index is 0.0591. The van der Waals surface area contributed by atoms with Gasteiger partial charge in [-0.05, 0) is 24.3 Å². The Kier molecular flexibility index (Phi) is 3.69. The van der Waals surface area contributed by atoms with E-state index in [-0.39, 0.29) is 18.6 Å². The molecule has 116 valence electrons. The van der Waals surface area contributed by atoms with Crippen LogP contribution in [-0.4, -0.2) is 11.7 Å². The Hall–Kier alpha value is -1.53. The molecule has 3 rings (SSSR count). The van der Waals surface area contributed by atoms with Gasteiger partial charge in [0.05, 0.1) is 12.2 Å². The first-order valence-corrected chi connectivity index (χ1v) is 7.43. The van der Waals surface area contributed by atoms with Gasteiger partial charge in [0, 0.05) is 22.0 Å². The summed E-state index contributed by atoms with van der Waals surface area (Å²) in [5, 5.41) is 11.1. The maximum atomic E-state index is 13.3. The fourth-order valence-electron chi connectivity index (χ4n) is 2.77. The van der Waals surface area contributed by atoms with Gasteiger partial charge >= 0.3 is 6.18 Å². The lowest BCUT2D eigenvalue weighted by molar-refractivity contribution is -0.140. The Labute approximate surface area is 133 Å². The van der Waals surface area contributed by atoms with Gasteiger partial charge < -0.3 is 9.84 Å². The molecule has 1 atom stereocenters. The molecule has 0 aromatic heterocycles. The lowest BCUT2D eigenvalue weighted by Crippen LogP contribution is -2.35. The van der Waals surface area contributed by atoms with Crippen molar-refractivity contribution in [2.45, 2.75) is 18.2 Å². The molecule has 0 saturated carbocycles. The van der Waals surface area contributed by atoms with Crippen molar-refractivity contribution in [3.63, 3.8) is 0 Å². The molecule has 2 aromatic rings. The zero-order valence-corrected chi connectivity index (χ0v) is 12.9. The first kappa shape index (κ1) is 15.4. The van der Waals surface area contributed by atoms with Gasteiger partial charge in [-0.3, -0.25) is 0 Å².